The SMILES string of the molecule is COC(=O)c1sc(Sc2ncn[nH]2)nc1Cl. The van der Waals surface area contributed by atoms with E-state index in [2.05, 4.69) is 24.9 Å². The van der Waals surface area contributed by atoms with Gasteiger partial charge >= 0.3 is 5.97 Å². The van der Waals surface area contributed by atoms with Gasteiger partial charge in [0.1, 0.15) is 6.33 Å². The number of esters is 1. The number of ether oxygens (including phenoxy) is 1. The van der Waals surface area contributed by atoms with Crippen LogP contribution in [-0.4, -0.2) is 33.2 Å². The van der Waals surface area contributed by atoms with Crippen molar-refractivity contribution in [1.82, 2.24) is 20.2 Å². The maximum Gasteiger partial charge on any atom is 0.351 e. The average molecular weight is 277 g/mol. The number of nitrogens with one attached hydrogen (secondary N) is 1. The lowest BCUT2D eigenvalue weighted by Crippen LogP contribution is -1.98. The fourth-order valence-electron chi connectivity index (χ4n) is 0.872. The van der Waals surface area contributed by atoms with Gasteiger partial charge < -0.3 is 4.74 Å². The van der Waals surface area contributed by atoms with E-state index in [1.54, 1.807) is 0 Å². The molecule has 2 heterocycles. The van der Waals surface area contributed by atoms with Crippen LogP contribution in [0.2, 0.25) is 5.15 Å². The molecular formula is C7H5ClN4O2S2. The van der Waals surface area contributed by atoms with E-state index in [0.29, 0.717) is 9.50 Å². The first-order valence-electron chi connectivity index (χ1n) is 3.98. The van der Waals surface area contributed by atoms with Crippen molar-refractivity contribution >= 4 is 40.7 Å². The standard InChI is InChI=1S/C7H5ClN4O2S2/c1-14-5(13)3-4(8)11-7(15-3)16-6-9-2-10-12-6/h2H,1H3,(H,9,10,12). The van der Waals surface area contributed by atoms with Crippen LogP contribution in [0.25, 0.3) is 0 Å². The van der Waals surface area contributed by atoms with Crippen LogP contribution in [0.15, 0.2) is 15.8 Å². The molecule has 1 N–H and O–H groups in total. The Labute approximate surface area is 103 Å². The Balaban J connectivity index is 2.21. The van der Waals surface area contributed by atoms with Crippen molar-refractivity contribution in [1.29, 1.82) is 0 Å². The molecule has 0 aliphatic heterocycles. The van der Waals surface area contributed by atoms with E-state index in [0.717, 1.165) is 11.3 Å². The fourth-order valence-corrected chi connectivity index (χ4v) is 3.01. The smallest absolute Gasteiger partial charge is 0.351 e. The van der Waals surface area contributed by atoms with Gasteiger partial charge in [-0.2, -0.15) is 5.10 Å². The van der Waals surface area contributed by atoms with Gasteiger partial charge in [0.25, 0.3) is 0 Å². The molecule has 16 heavy (non-hydrogen) atoms. The van der Waals surface area contributed by atoms with Crippen molar-refractivity contribution in [2.24, 2.45) is 0 Å². The Morgan fingerprint density at radius 2 is 2.50 bits per heavy atom. The topological polar surface area (TPSA) is 80.8 Å². The van der Waals surface area contributed by atoms with E-state index in [9.17, 15) is 4.79 Å². The molecule has 84 valence electrons. The number of carbonyl (C=O) groups is 1. The van der Waals surface area contributed by atoms with E-state index < -0.39 is 5.97 Å². The summed E-state index contributed by atoms with van der Waals surface area (Å²) >= 11 is 8.19. The van der Waals surface area contributed by atoms with Gasteiger partial charge in [0.2, 0.25) is 0 Å². The van der Waals surface area contributed by atoms with Crippen molar-refractivity contribution in [2.45, 2.75) is 9.50 Å². The highest BCUT2D eigenvalue weighted by molar-refractivity contribution is 8.00. The molecule has 0 aliphatic rings. The Morgan fingerprint density at radius 1 is 1.69 bits per heavy atom. The van der Waals surface area contributed by atoms with Crippen LogP contribution in [0.4, 0.5) is 0 Å². The molecular weight excluding hydrogens is 272 g/mol. The minimum Gasteiger partial charge on any atom is -0.465 e. The third kappa shape index (κ3) is 2.34. The maximum atomic E-state index is 11.3. The summed E-state index contributed by atoms with van der Waals surface area (Å²) in [7, 11) is 1.29. The molecule has 0 unspecified atom stereocenters. The zero-order chi connectivity index (χ0) is 11.5. The number of aromatic nitrogens is 4. The van der Waals surface area contributed by atoms with Crippen molar-refractivity contribution < 1.29 is 9.53 Å². The first-order chi connectivity index (χ1) is 7.70. The lowest BCUT2D eigenvalue weighted by molar-refractivity contribution is 0.0606. The molecule has 0 amide bonds. The lowest BCUT2D eigenvalue weighted by Gasteiger charge is -1.92. The Hall–Kier alpha value is -1.12. The van der Waals surface area contributed by atoms with Crippen molar-refractivity contribution in [3.63, 3.8) is 0 Å². The molecule has 0 atom stereocenters. The monoisotopic (exact) mass is 276 g/mol. The van der Waals surface area contributed by atoms with Gasteiger partial charge in [0.15, 0.2) is 19.5 Å². The zero-order valence-electron chi connectivity index (χ0n) is 7.93. The number of aromatic amines is 1. The van der Waals surface area contributed by atoms with E-state index in [4.69, 9.17) is 11.6 Å². The van der Waals surface area contributed by atoms with E-state index in [-0.39, 0.29) is 10.0 Å². The van der Waals surface area contributed by atoms with Gasteiger partial charge in [0, 0.05) is 0 Å². The van der Waals surface area contributed by atoms with Crippen LogP contribution in [0.3, 0.4) is 0 Å². The molecule has 6 nitrogen and oxygen atoms in total. The maximum absolute atomic E-state index is 11.3. The molecule has 0 saturated heterocycles. The number of carbonyl (C=O) groups excluding carboxylic acids is 1. The van der Waals surface area contributed by atoms with Crippen LogP contribution >= 0.6 is 34.7 Å². The van der Waals surface area contributed by atoms with Crippen molar-refractivity contribution in [3.8, 4) is 0 Å². The summed E-state index contributed by atoms with van der Waals surface area (Å²) in [6, 6.07) is 0. The number of rotatable bonds is 3. The molecule has 2 rings (SSSR count). The molecule has 0 bridgehead atoms. The van der Waals surface area contributed by atoms with Crippen LogP contribution < -0.4 is 0 Å². The van der Waals surface area contributed by atoms with E-state index >= 15 is 0 Å². The molecule has 9 heteroatoms. The Kier molecular flexibility index (Phi) is 3.42. The predicted octanol–water partition coefficient (Wildman–Crippen LogP) is 1.85. The molecule has 0 aromatic carbocycles. The summed E-state index contributed by atoms with van der Waals surface area (Å²) in [5.74, 6) is -0.494. The quantitative estimate of drug-likeness (QED) is 0.862. The van der Waals surface area contributed by atoms with Gasteiger partial charge in [-0.25, -0.2) is 14.8 Å². The highest BCUT2D eigenvalue weighted by Gasteiger charge is 2.18. The van der Waals surface area contributed by atoms with Gasteiger partial charge in [0.05, 0.1) is 7.11 Å². The van der Waals surface area contributed by atoms with Crippen molar-refractivity contribution in [3.05, 3.63) is 16.4 Å². The third-order valence-corrected chi connectivity index (χ3v) is 3.89. The number of H-pyrrole nitrogens is 1. The van der Waals surface area contributed by atoms with E-state index in [1.165, 1.54) is 25.2 Å². The molecule has 2 aromatic heterocycles. The third-order valence-electron chi connectivity index (χ3n) is 1.51. The fraction of sp³-hybridized carbons (Fsp3) is 0.143. The molecule has 0 radical (unpaired) electrons. The summed E-state index contributed by atoms with van der Waals surface area (Å²) in [4.78, 5) is 19.5. The van der Waals surface area contributed by atoms with Gasteiger partial charge in [-0.3, -0.25) is 5.10 Å². The first kappa shape index (κ1) is 11.4. The second-order valence-electron chi connectivity index (χ2n) is 2.48. The number of halogens is 1. The number of hydrogen-bond acceptors (Lipinski definition) is 7. The lowest BCUT2D eigenvalue weighted by atomic mass is 10.6. The highest BCUT2D eigenvalue weighted by Crippen LogP contribution is 2.33. The summed E-state index contributed by atoms with van der Waals surface area (Å²) in [5.41, 5.74) is 0. The Bertz CT molecular complexity index is 498. The number of nitrogens with zero attached hydrogens (tertiary/aromatic N) is 3. The zero-order valence-corrected chi connectivity index (χ0v) is 10.3. The summed E-state index contributed by atoms with van der Waals surface area (Å²) in [6.45, 7) is 0. The van der Waals surface area contributed by atoms with Crippen molar-refractivity contribution in [2.75, 3.05) is 7.11 Å². The summed E-state index contributed by atoms with van der Waals surface area (Å²) in [6.07, 6.45) is 1.39. The van der Waals surface area contributed by atoms with Crippen LogP contribution in [0.5, 0.6) is 0 Å². The summed E-state index contributed by atoms with van der Waals surface area (Å²) in [5, 5.41) is 7.08. The van der Waals surface area contributed by atoms with Gasteiger partial charge in [-0.05, 0) is 11.8 Å². The van der Waals surface area contributed by atoms with Crippen LogP contribution in [0, 0.1) is 0 Å². The second-order valence-corrected chi connectivity index (χ2v) is 5.08. The number of methoxy groups -OCH3 is 1. The molecule has 2 aromatic rings. The number of thiazole rings is 1. The largest absolute Gasteiger partial charge is 0.465 e. The second kappa shape index (κ2) is 4.81. The molecule has 0 fully saturated rings. The van der Waals surface area contributed by atoms with Crippen LogP contribution in [-0.2, 0) is 4.74 Å². The summed E-state index contributed by atoms with van der Waals surface area (Å²) < 4.78 is 5.17. The minimum absolute atomic E-state index is 0.138. The predicted molar refractivity (Wildman–Crippen MR) is 59.0 cm³/mol. The van der Waals surface area contributed by atoms with E-state index in [1.807, 2.05) is 0 Å². The highest BCUT2D eigenvalue weighted by atomic mass is 35.5. The Morgan fingerprint density at radius 3 is 3.12 bits per heavy atom. The average Bonchev–Trinajstić information content (AvgIpc) is 2.88. The first-order valence-corrected chi connectivity index (χ1v) is 5.99. The normalized spacial score (nSPS) is 10.4. The van der Waals surface area contributed by atoms with Gasteiger partial charge in [-0.15, -0.1) is 0 Å². The van der Waals surface area contributed by atoms with Gasteiger partial charge in [-0.1, -0.05) is 22.9 Å². The molecule has 0 spiro atoms. The molecule has 0 saturated carbocycles. The number of hydrogen-bond donors (Lipinski definition) is 1. The minimum atomic E-state index is -0.494. The van der Waals surface area contributed by atoms with Crippen LogP contribution in [0.1, 0.15) is 9.67 Å². The molecule has 0 aliphatic carbocycles.